The number of hydrogen-bond acceptors (Lipinski definition) is 4. The molecule has 0 N–H and O–H groups in total. The zero-order valence-electron chi connectivity index (χ0n) is 14.3. The molecule has 1 heterocycles. The number of carbonyl (C=O) groups excluding carboxylic acids is 2. The Morgan fingerprint density at radius 2 is 1.95 bits per heavy atom. The van der Waals surface area contributed by atoms with Gasteiger partial charge in [0, 0.05) is 6.04 Å². The number of unbranched alkanes of at least 4 members (excludes halogenated alkanes) is 1. The van der Waals surface area contributed by atoms with Crippen molar-refractivity contribution in [3.8, 4) is 0 Å². The summed E-state index contributed by atoms with van der Waals surface area (Å²) in [6.07, 6.45) is 5.35. The van der Waals surface area contributed by atoms with Crippen LogP contribution in [0, 0.1) is 5.92 Å². The highest BCUT2D eigenvalue weighted by atomic mass is 16.6. The number of likely N-dealkylation sites (tertiary alicyclic amines) is 1. The molecular weight excluding hydrogens is 282 g/mol. The molecule has 0 aromatic rings. The lowest BCUT2D eigenvalue weighted by molar-refractivity contribution is -0.149. The van der Waals surface area contributed by atoms with Gasteiger partial charge in [-0.3, -0.25) is 4.90 Å². The number of ether oxygens (including phenoxy) is 2. The molecule has 0 aromatic carbocycles. The van der Waals surface area contributed by atoms with Crippen LogP contribution in [0.1, 0.15) is 66.2 Å². The van der Waals surface area contributed by atoms with E-state index in [0.717, 1.165) is 38.5 Å². The second-order valence-electron chi connectivity index (χ2n) is 7.42. The summed E-state index contributed by atoms with van der Waals surface area (Å²) in [5, 5.41) is 0. The van der Waals surface area contributed by atoms with Crippen LogP contribution in [-0.2, 0) is 14.3 Å². The van der Waals surface area contributed by atoms with Crippen LogP contribution < -0.4 is 0 Å². The molecule has 2 rings (SSSR count). The van der Waals surface area contributed by atoms with E-state index in [4.69, 9.17) is 9.47 Å². The van der Waals surface area contributed by atoms with Crippen molar-refractivity contribution in [1.29, 1.82) is 0 Å². The SMILES string of the molecule is CCCCOC(=O)[C@@H]1C[C@@H]2CCC[C@@H]2N1C(=O)OC(C)(C)C. The topological polar surface area (TPSA) is 55.8 Å². The molecule has 2 aliphatic rings. The van der Waals surface area contributed by atoms with E-state index >= 15 is 0 Å². The fraction of sp³-hybridized carbons (Fsp3) is 0.882. The van der Waals surface area contributed by atoms with Gasteiger partial charge in [-0.25, -0.2) is 9.59 Å². The van der Waals surface area contributed by atoms with Crippen LogP contribution in [-0.4, -0.2) is 41.3 Å². The highest BCUT2D eigenvalue weighted by molar-refractivity contribution is 5.82. The number of rotatable bonds is 4. The fourth-order valence-corrected chi connectivity index (χ4v) is 3.49. The van der Waals surface area contributed by atoms with Gasteiger partial charge in [0.1, 0.15) is 11.6 Å². The standard InChI is InChI=1S/C17H29NO4/c1-5-6-10-21-15(19)14-11-12-8-7-9-13(12)18(14)16(20)22-17(2,3)4/h12-14H,5-11H2,1-4H3/t12-,13-,14-/m0/s1. The average Bonchev–Trinajstić information content (AvgIpc) is 2.95. The maximum Gasteiger partial charge on any atom is 0.411 e. The molecular formula is C17H29NO4. The van der Waals surface area contributed by atoms with Gasteiger partial charge in [-0.05, 0) is 52.4 Å². The van der Waals surface area contributed by atoms with Crippen molar-refractivity contribution in [2.75, 3.05) is 6.61 Å². The van der Waals surface area contributed by atoms with Crippen molar-refractivity contribution in [2.24, 2.45) is 5.92 Å². The first kappa shape index (κ1) is 17.1. The van der Waals surface area contributed by atoms with Crippen LogP contribution in [0.3, 0.4) is 0 Å². The second-order valence-corrected chi connectivity index (χ2v) is 7.42. The maximum atomic E-state index is 12.5. The molecule has 1 aliphatic carbocycles. The van der Waals surface area contributed by atoms with E-state index in [2.05, 4.69) is 6.92 Å². The Kier molecular flexibility index (Phi) is 5.35. The van der Waals surface area contributed by atoms with Crippen molar-refractivity contribution < 1.29 is 19.1 Å². The molecule has 126 valence electrons. The van der Waals surface area contributed by atoms with E-state index in [1.54, 1.807) is 4.90 Å². The minimum Gasteiger partial charge on any atom is -0.464 e. The molecule has 0 unspecified atom stereocenters. The molecule has 3 atom stereocenters. The van der Waals surface area contributed by atoms with Crippen LogP contribution in [0.2, 0.25) is 0 Å². The Labute approximate surface area is 133 Å². The van der Waals surface area contributed by atoms with E-state index in [0.29, 0.717) is 12.5 Å². The molecule has 2 fully saturated rings. The summed E-state index contributed by atoms with van der Waals surface area (Å²) in [5.74, 6) is 0.143. The van der Waals surface area contributed by atoms with Gasteiger partial charge >= 0.3 is 12.1 Å². The first-order chi connectivity index (χ1) is 10.3. The fourth-order valence-electron chi connectivity index (χ4n) is 3.49. The zero-order chi connectivity index (χ0) is 16.3. The normalized spacial score (nSPS) is 27.6. The van der Waals surface area contributed by atoms with Crippen molar-refractivity contribution in [3.05, 3.63) is 0 Å². The molecule has 0 spiro atoms. The molecule has 22 heavy (non-hydrogen) atoms. The summed E-state index contributed by atoms with van der Waals surface area (Å²) in [6.45, 7) is 8.04. The van der Waals surface area contributed by atoms with Crippen LogP contribution in [0.4, 0.5) is 4.79 Å². The van der Waals surface area contributed by atoms with Crippen LogP contribution in [0.25, 0.3) is 0 Å². The maximum absolute atomic E-state index is 12.5. The van der Waals surface area contributed by atoms with Crippen molar-refractivity contribution in [3.63, 3.8) is 0 Å². The van der Waals surface area contributed by atoms with Gasteiger partial charge in [-0.15, -0.1) is 0 Å². The van der Waals surface area contributed by atoms with Gasteiger partial charge in [-0.2, -0.15) is 0 Å². The van der Waals surface area contributed by atoms with E-state index in [9.17, 15) is 9.59 Å². The Morgan fingerprint density at radius 1 is 1.23 bits per heavy atom. The summed E-state index contributed by atoms with van der Waals surface area (Å²) in [6, 6.07) is -0.333. The molecule has 0 radical (unpaired) electrons. The summed E-state index contributed by atoms with van der Waals surface area (Å²) < 4.78 is 10.9. The molecule has 0 bridgehead atoms. The third kappa shape index (κ3) is 3.93. The molecule has 5 nitrogen and oxygen atoms in total. The van der Waals surface area contributed by atoms with Gasteiger partial charge in [0.25, 0.3) is 0 Å². The number of hydrogen-bond donors (Lipinski definition) is 0. The lowest BCUT2D eigenvalue weighted by atomic mass is 10.0. The molecule has 1 saturated carbocycles. The first-order valence-electron chi connectivity index (χ1n) is 8.51. The number of amides is 1. The van der Waals surface area contributed by atoms with E-state index in [-0.39, 0.29) is 18.1 Å². The second kappa shape index (κ2) is 6.88. The Bertz CT molecular complexity index is 415. The van der Waals surface area contributed by atoms with Crippen molar-refractivity contribution in [2.45, 2.75) is 83.9 Å². The number of nitrogens with zero attached hydrogens (tertiary/aromatic N) is 1. The van der Waals surface area contributed by atoms with Crippen molar-refractivity contribution in [1.82, 2.24) is 4.90 Å². The predicted molar refractivity (Wildman–Crippen MR) is 83.5 cm³/mol. The Morgan fingerprint density at radius 3 is 2.59 bits per heavy atom. The average molecular weight is 311 g/mol. The van der Waals surface area contributed by atoms with Gasteiger partial charge in [0.15, 0.2) is 0 Å². The quantitative estimate of drug-likeness (QED) is 0.589. The van der Waals surface area contributed by atoms with Gasteiger partial charge in [0.05, 0.1) is 6.61 Å². The minimum absolute atomic E-state index is 0.138. The molecule has 1 aliphatic heterocycles. The Balaban J connectivity index is 2.06. The minimum atomic E-state index is -0.551. The van der Waals surface area contributed by atoms with Crippen molar-refractivity contribution >= 4 is 12.1 Å². The largest absolute Gasteiger partial charge is 0.464 e. The Hall–Kier alpha value is -1.26. The molecule has 1 saturated heterocycles. The lowest BCUT2D eigenvalue weighted by Crippen LogP contribution is -2.47. The third-order valence-corrected chi connectivity index (χ3v) is 4.46. The summed E-state index contributed by atoms with van der Waals surface area (Å²) in [7, 11) is 0. The third-order valence-electron chi connectivity index (χ3n) is 4.46. The number of carbonyl (C=O) groups is 2. The monoisotopic (exact) mass is 311 g/mol. The highest BCUT2D eigenvalue weighted by Gasteiger charge is 2.50. The van der Waals surface area contributed by atoms with E-state index in [1.807, 2.05) is 20.8 Å². The van der Waals surface area contributed by atoms with E-state index < -0.39 is 11.6 Å². The molecule has 0 aromatic heterocycles. The van der Waals surface area contributed by atoms with Gasteiger partial charge in [0.2, 0.25) is 0 Å². The summed E-state index contributed by atoms with van der Waals surface area (Å²) >= 11 is 0. The lowest BCUT2D eigenvalue weighted by Gasteiger charge is -2.31. The summed E-state index contributed by atoms with van der Waals surface area (Å²) in [5.41, 5.74) is -0.551. The number of esters is 1. The first-order valence-corrected chi connectivity index (χ1v) is 8.51. The van der Waals surface area contributed by atoms with Crippen LogP contribution in [0.15, 0.2) is 0 Å². The highest BCUT2D eigenvalue weighted by Crippen LogP contribution is 2.42. The van der Waals surface area contributed by atoms with Crippen LogP contribution >= 0.6 is 0 Å². The van der Waals surface area contributed by atoms with Gasteiger partial charge < -0.3 is 9.47 Å². The number of fused-ring (bicyclic) bond motifs is 1. The van der Waals surface area contributed by atoms with Crippen LogP contribution in [0.5, 0.6) is 0 Å². The van der Waals surface area contributed by atoms with E-state index in [1.165, 1.54) is 0 Å². The molecule has 5 heteroatoms. The summed E-state index contributed by atoms with van der Waals surface area (Å²) in [4.78, 5) is 26.6. The smallest absolute Gasteiger partial charge is 0.411 e. The zero-order valence-corrected chi connectivity index (χ0v) is 14.3. The predicted octanol–water partition coefficient (Wildman–Crippen LogP) is 3.51. The van der Waals surface area contributed by atoms with Gasteiger partial charge in [-0.1, -0.05) is 19.8 Å². The molecule has 1 amide bonds.